The van der Waals surface area contributed by atoms with Crippen molar-refractivity contribution >= 4 is 17.2 Å². The molecule has 1 aromatic carbocycles. The van der Waals surface area contributed by atoms with Gasteiger partial charge in [0.2, 0.25) is 11.7 Å². The van der Waals surface area contributed by atoms with E-state index in [0.717, 1.165) is 36.5 Å². The molecule has 0 aliphatic carbocycles. The second-order valence-electron chi connectivity index (χ2n) is 8.03. The average molecular weight is 395 g/mol. The molecule has 1 unspecified atom stereocenters. The highest BCUT2D eigenvalue weighted by Gasteiger charge is 2.53. The van der Waals surface area contributed by atoms with E-state index in [9.17, 15) is 4.79 Å². The van der Waals surface area contributed by atoms with Crippen molar-refractivity contribution in [2.24, 2.45) is 5.41 Å². The van der Waals surface area contributed by atoms with Crippen LogP contribution in [-0.4, -0.2) is 52.5 Å². The third-order valence-corrected chi connectivity index (χ3v) is 6.78. The number of carbonyl (C=O) groups is 1. The zero-order valence-electron chi connectivity index (χ0n) is 16.0. The van der Waals surface area contributed by atoms with Gasteiger partial charge in [-0.1, -0.05) is 35.5 Å². The molecule has 5 rings (SSSR count). The number of nitrogens with zero attached hydrogens (tertiary/aromatic N) is 4. The van der Waals surface area contributed by atoms with Gasteiger partial charge in [0.15, 0.2) is 0 Å². The van der Waals surface area contributed by atoms with Gasteiger partial charge in [0.1, 0.15) is 0 Å². The maximum absolute atomic E-state index is 12.7. The second kappa shape index (κ2) is 6.53. The molecule has 2 aliphatic heterocycles. The Morgan fingerprint density at radius 1 is 1.18 bits per heavy atom. The van der Waals surface area contributed by atoms with Crippen molar-refractivity contribution in [3.8, 4) is 11.4 Å². The molecule has 3 aromatic rings. The van der Waals surface area contributed by atoms with Gasteiger partial charge in [0, 0.05) is 35.5 Å². The van der Waals surface area contributed by atoms with Crippen LogP contribution in [-0.2, 0) is 0 Å². The summed E-state index contributed by atoms with van der Waals surface area (Å²) in [4.78, 5) is 23.5. The van der Waals surface area contributed by atoms with Gasteiger partial charge in [-0.3, -0.25) is 9.69 Å². The molecule has 0 saturated carbocycles. The van der Waals surface area contributed by atoms with E-state index in [1.165, 1.54) is 4.88 Å². The molecule has 2 fully saturated rings. The van der Waals surface area contributed by atoms with Crippen molar-refractivity contribution in [1.82, 2.24) is 19.9 Å². The number of carbonyl (C=O) groups excluding carboxylic acids is 1. The van der Waals surface area contributed by atoms with E-state index in [0.29, 0.717) is 11.7 Å². The van der Waals surface area contributed by atoms with Crippen LogP contribution >= 0.6 is 11.3 Å². The van der Waals surface area contributed by atoms with Crippen molar-refractivity contribution < 1.29 is 9.32 Å². The summed E-state index contributed by atoms with van der Waals surface area (Å²) < 4.78 is 5.60. The van der Waals surface area contributed by atoms with Crippen LogP contribution in [0.5, 0.6) is 0 Å². The van der Waals surface area contributed by atoms with E-state index in [4.69, 9.17) is 4.52 Å². The minimum Gasteiger partial charge on any atom is -0.337 e. The first-order valence-electron chi connectivity index (χ1n) is 9.48. The Hall–Kier alpha value is -2.51. The molecule has 0 radical (unpaired) electrons. The second-order valence-corrected chi connectivity index (χ2v) is 9.32. The Morgan fingerprint density at radius 3 is 2.68 bits per heavy atom. The summed E-state index contributed by atoms with van der Waals surface area (Å²) in [6.07, 6.45) is 0.938. The van der Waals surface area contributed by atoms with Crippen LogP contribution in [0.3, 0.4) is 0 Å². The third-order valence-electron chi connectivity index (χ3n) is 5.79. The number of hydrogen-bond acceptors (Lipinski definition) is 6. The third kappa shape index (κ3) is 2.95. The minimum absolute atomic E-state index is 0.103. The Balaban J connectivity index is 1.28. The summed E-state index contributed by atoms with van der Waals surface area (Å²) in [6, 6.07) is 13.9. The van der Waals surface area contributed by atoms with Crippen molar-refractivity contribution in [3.05, 3.63) is 58.1 Å². The van der Waals surface area contributed by atoms with Crippen LogP contribution in [0, 0.1) is 12.3 Å². The lowest BCUT2D eigenvalue weighted by atomic mass is 9.77. The number of benzene rings is 1. The average Bonchev–Trinajstić information content (AvgIpc) is 3.39. The maximum Gasteiger partial charge on any atom is 0.263 e. The van der Waals surface area contributed by atoms with Gasteiger partial charge in [-0.25, -0.2) is 0 Å². The van der Waals surface area contributed by atoms with Crippen LogP contribution in [0.4, 0.5) is 0 Å². The molecule has 2 saturated heterocycles. The van der Waals surface area contributed by atoms with Gasteiger partial charge in [0.25, 0.3) is 5.91 Å². The summed E-state index contributed by atoms with van der Waals surface area (Å²) in [6.45, 7) is 4.56. The topological polar surface area (TPSA) is 62.5 Å². The maximum atomic E-state index is 12.7. The number of aromatic nitrogens is 2. The van der Waals surface area contributed by atoms with Crippen LogP contribution in [0.2, 0.25) is 0 Å². The van der Waals surface area contributed by atoms with Crippen molar-refractivity contribution in [1.29, 1.82) is 0 Å². The first-order valence-corrected chi connectivity index (χ1v) is 10.3. The summed E-state index contributed by atoms with van der Waals surface area (Å²) >= 11 is 1.57. The van der Waals surface area contributed by atoms with E-state index < -0.39 is 0 Å². The van der Waals surface area contributed by atoms with E-state index in [-0.39, 0.29) is 17.4 Å². The van der Waals surface area contributed by atoms with Gasteiger partial charge < -0.3 is 9.42 Å². The number of amides is 1. The summed E-state index contributed by atoms with van der Waals surface area (Å²) in [7, 11) is 2.10. The zero-order chi connectivity index (χ0) is 19.3. The fraction of sp³-hybridized carbons (Fsp3) is 0.381. The lowest BCUT2D eigenvalue weighted by Gasteiger charge is -2.47. The summed E-state index contributed by atoms with van der Waals surface area (Å²) in [5.41, 5.74) is 1.09. The largest absolute Gasteiger partial charge is 0.337 e. The lowest BCUT2D eigenvalue weighted by Crippen LogP contribution is -2.59. The van der Waals surface area contributed by atoms with Crippen LogP contribution < -0.4 is 0 Å². The van der Waals surface area contributed by atoms with Gasteiger partial charge in [-0.15, -0.1) is 11.3 Å². The molecule has 2 aliphatic rings. The molecular weight excluding hydrogens is 372 g/mol. The lowest BCUT2D eigenvalue weighted by molar-refractivity contribution is 0.0119. The molecule has 144 valence electrons. The Labute approximate surface area is 167 Å². The highest BCUT2D eigenvalue weighted by molar-refractivity contribution is 7.13. The van der Waals surface area contributed by atoms with E-state index in [1.54, 1.807) is 11.3 Å². The van der Waals surface area contributed by atoms with Crippen molar-refractivity contribution in [2.75, 3.05) is 26.7 Å². The summed E-state index contributed by atoms with van der Waals surface area (Å²) in [5.74, 6) is 1.44. The SMILES string of the molecule is Cc1ccc(C(=O)N2CC3(CC(c4nc(-c5ccccc5)no4)N(C)C3)C2)s1. The number of aryl methyl sites for hydroxylation is 1. The van der Waals surface area contributed by atoms with E-state index in [1.807, 2.05) is 54.3 Å². The monoisotopic (exact) mass is 394 g/mol. The predicted octanol–water partition coefficient (Wildman–Crippen LogP) is 3.63. The molecule has 1 amide bonds. The molecule has 4 heterocycles. The Morgan fingerprint density at radius 2 is 1.96 bits per heavy atom. The molecule has 2 aromatic heterocycles. The van der Waals surface area contributed by atoms with E-state index in [2.05, 4.69) is 22.1 Å². The minimum atomic E-state index is 0.103. The first kappa shape index (κ1) is 17.6. The zero-order valence-corrected chi connectivity index (χ0v) is 16.8. The quantitative estimate of drug-likeness (QED) is 0.679. The molecule has 1 spiro atoms. The van der Waals surface area contributed by atoms with Gasteiger partial charge in [-0.2, -0.15) is 4.98 Å². The number of hydrogen-bond donors (Lipinski definition) is 0. The smallest absolute Gasteiger partial charge is 0.263 e. The fourth-order valence-corrected chi connectivity index (χ4v) is 5.30. The van der Waals surface area contributed by atoms with Gasteiger partial charge in [-0.05, 0) is 32.5 Å². The molecule has 1 atom stereocenters. The molecule has 0 bridgehead atoms. The van der Waals surface area contributed by atoms with Crippen LogP contribution in [0.25, 0.3) is 11.4 Å². The van der Waals surface area contributed by atoms with Crippen molar-refractivity contribution in [2.45, 2.75) is 19.4 Å². The first-order chi connectivity index (χ1) is 13.5. The summed E-state index contributed by atoms with van der Waals surface area (Å²) in [5, 5.41) is 4.17. The highest BCUT2D eigenvalue weighted by Crippen LogP contribution is 2.48. The van der Waals surface area contributed by atoms with Crippen LogP contribution in [0.15, 0.2) is 47.0 Å². The fourth-order valence-electron chi connectivity index (χ4n) is 4.46. The van der Waals surface area contributed by atoms with Gasteiger partial charge >= 0.3 is 0 Å². The molecule has 0 N–H and O–H groups in total. The number of likely N-dealkylation sites (tertiary alicyclic amines) is 2. The van der Waals surface area contributed by atoms with Crippen LogP contribution in [0.1, 0.15) is 32.9 Å². The Bertz CT molecular complexity index is 1010. The number of thiophene rings is 1. The normalized spacial score (nSPS) is 21.2. The molecule has 6 nitrogen and oxygen atoms in total. The Kier molecular flexibility index (Phi) is 4.10. The number of rotatable bonds is 3. The molecular formula is C21H22N4O2S. The highest BCUT2D eigenvalue weighted by atomic mass is 32.1. The molecule has 28 heavy (non-hydrogen) atoms. The molecule has 7 heteroatoms. The standard InChI is InChI=1S/C21H22N4O2S/c1-14-8-9-17(28-14)20(26)25-12-21(13-25)10-16(24(2)11-21)19-22-18(23-27-19)15-6-4-3-5-7-15/h3-9,16H,10-13H2,1-2H3. The van der Waals surface area contributed by atoms with Gasteiger partial charge in [0.05, 0.1) is 10.9 Å². The predicted molar refractivity (Wildman–Crippen MR) is 107 cm³/mol. The van der Waals surface area contributed by atoms with E-state index >= 15 is 0 Å². The van der Waals surface area contributed by atoms with Crippen molar-refractivity contribution in [3.63, 3.8) is 0 Å².